The van der Waals surface area contributed by atoms with Crippen molar-refractivity contribution >= 4 is 38.9 Å². The quantitative estimate of drug-likeness (QED) is 0.489. The topological polar surface area (TPSA) is 66.6 Å². The minimum absolute atomic E-state index is 0.456. The molecular formula is C17H21BrN6S. The van der Waals surface area contributed by atoms with E-state index in [1.54, 1.807) is 18.4 Å². The van der Waals surface area contributed by atoms with Crippen molar-refractivity contribution in [1.82, 2.24) is 25.0 Å². The van der Waals surface area contributed by atoms with Gasteiger partial charge in [-0.25, -0.2) is 9.97 Å². The molecule has 0 radical (unpaired) electrons. The van der Waals surface area contributed by atoms with Crippen LogP contribution < -0.4 is 10.6 Å². The van der Waals surface area contributed by atoms with Crippen LogP contribution in [0.1, 0.15) is 36.2 Å². The zero-order chi connectivity index (χ0) is 17.8. The Morgan fingerprint density at radius 3 is 2.76 bits per heavy atom. The number of fused-ring (bicyclic) bond motifs is 1. The minimum atomic E-state index is 0.456. The Balaban J connectivity index is 1.56. The molecule has 132 valence electrons. The van der Waals surface area contributed by atoms with E-state index in [0.29, 0.717) is 19.0 Å². The summed E-state index contributed by atoms with van der Waals surface area (Å²) in [6.45, 7) is 5.57. The highest BCUT2D eigenvalue weighted by Gasteiger charge is 2.07. The lowest BCUT2D eigenvalue weighted by Gasteiger charge is -2.09. The van der Waals surface area contributed by atoms with Crippen LogP contribution in [-0.4, -0.2) is 27.4 Å². The molecule has 0 atom stereocenters. The maximum atomic E-state index is 4.62. The predicted octanol–water partition coefficient (Wildman–Crippen LogP) is 3.54. The van der Waals surface area contributed by atoms with E-state index in [9.17, 15) is 0 Å². The van der Waals surface area contributed by atoms with Crippen LogP contribution in [0.2, 0.25) is 0 Å². The molecule has 3 rings (SSSR count). The summed E-state index contributed by atoms with van der Waals surface area (Å²) in [5.74, 6) is 1.19. The molecule has 0 amide bonds. The fourth-order valence-corrected chi connectivity index (χ4v) is 3.58. The number of nitrogens with one attached hydrogen (secondary N) is 2. The highest BCUT2D eigenvalue weighted by molar-refractivity contribution is 9.10. The van der Waals surface area contributed by atoms with Crippen LogP contribution in [0, 0.1) is 0 Å². The van der Waals surface area contributed by atoms with Crippen molar-refractivity contribution in [2.45, 2.75) is 32.9 Å². The number of aromatic nitrogens is 3. The van der Waals surface area contributed by atoms with Gasteiger partial charge < -0.3 is 15.0 Å². The second kappa shape index (κ2) is 7.97. The third-order valence-corrected chi connectivity index (χ3v) is 5.03. The van der Waals surface area contributed by atoms with Gasteiger partial charge in [-0.2, -0.15) is 0 Å². The highest BCUT2D eigenvalue weighted by Crippen LogP contribution is 2.17. The number of pyridine rings is 1. The van der Waals surface area contributed by atoms with Gasteiger partial charge in [0.15, 0.2) is 5.96 Å². The van der Waals surface area contributed by atoms with E-state index in [1.165, 1.54) is 0 Å². The summed E-state index contributed by atoms with van der Waals surface area (Å²) in [6, 6.07) is 3.97. The highest BCUT2D eigenvalue weighted by atomic mass is 79.9. The van der Waals surface area contributed by atoms with Crippen molar-refractivity contribution in [3.8, 4) is 0 Å². The molecule has 3 aromatic rings. The summed E-state index contributed by atoms with van der Waals surface area (Å²) < 4.78 is 3.03. The normalized spacial score (nSPS) is 12.1. The molecule has 8 heteroatoms. The molecule has 0 aliphatic carbocycles. The molecule has 0 unspecified atom stereocenters. The number of halogens is 1. The number of hydrogen-bond donors (Lipinski definition) is 2. The van der Waals surface area contributed by atoms with Crippen molar-refractivity contribution in [2.75, 3.05) is 7.05 Å². The van der Waals surface area contributed by atoms with Crippen molar-refractivity contribution in [3.05, 3.63) is 50.8 Å². The molecule has 3 aromatic heterocycles. The van der Waals surface area contributed by atoms with Gasteiger partial charge >= 0.3 is 0 Å². The molecule has 25 heavy (non-hydrogen) atoms. The van der Waals surface area contributed by atoms with E-state index >= 15 is 0 Å². The maximum absolute atomic E-state index is 4.62. The lowest BCUT2D eigenvalue weighted by Crippen LogP contribution is -2.36. The standard InChI is InChI=1S/C17H21BrN6S/c1-11(2)14-10-25-16(23-14)7-21-17(19-3)20-6-13-9-24-8-12(18)4-5-15(24)22-13/h4-5,8-11H,6-7H2,1-3H3,(H2,19,20,21). The van der Waals surface area contributed by atoms with E-state index < -0.39 is 0 Å². The SMILES string of the molecule is CN=C(NCc1cn2cc(Br)ccc2n1)NCc1nc(C(C)C)cs1. The van der Waals surface area contributed by atoms with Crippen LogP contribution >= 0.6 is 27.3 Å². The average molecular weight is 421 g/mol. The third-order valence-electron chi connectivity index (χ3n) is 3.69. The third kappa shape index (κ3) is 4.58. The molecular weight excluding hydrogens is 400 g/mol. The number of imidazole rings is 1. The Labute approximate surface area is 159 Å². The summed E-state index contributed by atoms with van der Waals surface area (Å²) in [6.07, 6.45) is 4.00. The smallest absolute Gasteiger partial charge is 0.191 e. The predicted molar refractivity (Wildman–Crippen MR) is 106 cm³/mol. The van der Waals surface area contributed by atoms with E-state index in [-0.39, 0.29) is 0 Å². The molecule has 3 heterocycles. The average Bonchev–Trinajstić information content (AvgIpc) is 3.21. The Hall–Kier alpha value is -1.93. The Bertz CT molecular complexity index is 882. The monoisotopic (exact) mass is 420 g/mol. The molecule has 0 saturated heterocycles. The van der Waals surface area contributed by atoms with Gasteiger partial charge in [-0.1, -0.05) is 13.8 Å². The van der Waals surface area contributed by atoms with E-state index in [4.69, 9.17) is 0 Å². The zero-order valence-corrected chi connectivity index (χ0v) is 16.9. The molecule has 0 spiro atoms. The summed E-state index contributed by atoms with van der Waals surface area (Å²) >= 11 is 5.14. The van der Waals surface area contributed by atoms with Gasteiger partial charge in [0.2, 0.25) is 0 Å². The first-order valence-electron chi connectivity index (χ1n) is 8.07. The van der Waals surface area contributed by atoms with Gasteiger partial charge in [0.25, 0.3) is 0 Å². The second-order valence-corrected chi connectivity index (χ2v) is 7.80. The molecule has 0 fully saturated rings. The fourth-order valence-electron chi connectivity index (χ4n) is 2.33. The lowest BCUT2D eigenvalue weighted by atomic mass is 10.2. The van der Waals surface area contributed by atoms with Crippen molar-refractivity contribution in [1.29, 1.82) is 0 Å². The van der Waals surface area contributed by atoms with Gasteiger partial charge in [0, 0.05) is 29.3 Å². The summed E-state index contributed by atoms with van der Waals surface area (Å²) in [5.41, 5.74) is 3.02. The summed E-state index contributed by atoms with van der Waals surface area (Å²) in [4.78, 5) is 13.5. The number of aliphatic imine (C=N–C) groups is 1. The molecule has 0 saturated carbocycles. The van der Waals surface area contributed by atoms with Crippen LogP contribution in [0.3, 0.4) is 0 Å². The van der Waals surface area contributed by atoms with E-state index in [1.807, 2.05) is 28.9 Å². The van der Waals surface area contributed by atoms with Crippen LogP contribution in [-0.2, 0) is 13.1 Å². The number of hydrogen-bond acceptors (Lipinski definition) is 4. The van der Waals surface area contributed by atoms with Crippen LogP contribution in [0.15, 0.2) is 39.4 Å². The Kier molecular flexibility index (Phi) is 5.70. The van der Waals surface area contributed by atoms with Gasteiger partial charge in [-0.05, 0) is 34.0 Å². The van der Waals surface area contributed by atoms with Gasteiger partial charge in [-0.15, -0.1) is 11.3 Å². The zero-order valence-electron chi connectivity index (χ0n) is 14.5. The Morgan fingerprint density at radius 1 is 1.24 bits per heavy atom. The number of guanidine groups is 1. The molecule has 0 aliphatic rings. The molecule has 6 nitrogen and oxygen atoms in total. The fraction of sp³-hybridized carbons (Fsp3) is 0.353. The minimum Gasteiger partial charge on any atom is -0.351 e. The van der Waals surface area contributed by atoms with Gasteiger partial charge in [0.05, 0.1) is 24.5 Å². The maximum Gasteiger partial charge on any atom is 0.191 e. The van der Waals surface area contributed by atoms with Crippen LogP contribution in [0.4, 0.5) is 0 Å². The molecule has 0 aromatic carbocycles. The number of rotatable bonds is 5. The van der Waals surface area contributed by atoms with Gasteiger partial charge in [-0.3, -0.25) is 4.99 Å². The second-order valence-electron chi connectivity index (χ2n) is 5.95. The largest absolute Gasteiger partial charge is 0.351 e. The lowest BCUT2D eigenvalue weighted by molar-refractivity contribution is 0.780. The number of thiazole rings is 1. The Morgan fingerprint density at radius 2 is 2.04 bits per heavy atom. The van der Waals surface area contributed by atoms with Crippen molar-refractivity contribution in [2.24, 2.45) is 4.99 Å². The van der Waals surface area contributed by atoms with E-state index in [0.717, 1.165) is 32.5 Å². The van der Waals surface area contributed by atoms with Crippen molar-refractivity contribution < 1.29 is 0 Å². The first-order chi connectivity index (χ1) is 12.0. The molecule has 0 aliphatic heterocycles. The summed E-state index contributed by atoms with van der Waals surface area (Å²) in [7, 11) is 1.76. The van der Waals surface area contributed by atoms with E-state index in [2.05, 4.69) is 60.8 Å². The number of nitrogens with zero attached hydrogens (tertiary/aromatic N) is 4. The molecule has 2 N–H and O–H groups in total. The van der Waals surface area contributed by atoms with Crippen LogP contribution in [0.5, 0.6) is 0 Å². The van der Waals surface area contributed by atoms with Crippen LogP contribution in [0.25, 0.3) is 5.65 Å². The molecule has 0 bridgehead atoms. The van der Waals surface area contributed by atoms with Gasteiger partial charge in [0.1, 0.15) is 10.7 Å². The first-order valence-corrected chi connectivity index (χ1v) is 9.74. The first kappa shape index (κ1) is 17.9. The summed E-state index contributed by atoms with van der Waals surface area (Å²) in [5, 5.41) is 9.76. The van der Waals surface area contributed by atoms with Crippen molar-refractivity contribution in [3.63, 3.8) is 0 Å².